The van der Waals surface area contributed by atoms with Gasteiger partial charge in [0.25, 0.3) is 0 Å². The predicted octanol–water partition coefficient (Wildman–Crippen LogP) is 6.45. The average Bonchev–Trinajstić information content (AvgIpc) is 2.91. The van der Waals surface area contributed by atoms with Gasteiger partial charge in [-0.2, -0.15) is 5.10 Å². The standard InChI is InChI=1S/C17H13Cl2N3S.BrH/c1-11-16(13-4-8-15(19)9-5-13)21-17(23-11)22-20-10-12-2-6-14(18)7-3-12;/h2-10H,1H3,(H,21,22);1H/b20-10+;. The van der Waals surface area contributed by atoms with E-state index >= 15 is 0 Å². The van der Waals surface area contributed by atoms with Gasteiger partial charge in [0.15, 0.2) is 0 Å². The molecule has 0 atom stereocenters. The maximum Gasteiger partial charge on any atom is 0.204 e. The van der Waals surface area contributed by atoms with E-state index in [0.717, 1.165) is 26.8 Å². The van der Waals surface area contributed by atoms with Gasteiger partial charge in [0, 0.05) is 20.5 Å². The number of nitrogens with one attached hydrogen (secondary N) is 1. The van der Waals surface area contributed by atoms with Crippen LogP contribution in [-0.4, -0.2) is 11.2 Å². The summed E-state index contributed by atoms with van der Waals surface area (Å²) in [6.45, 7) is 2.04. The summed E-state index contributed by atoms with van der Waals surface area (Å²) in [5.41, 5.74) is 5.91. The van der Waals surface area contributed by atoms with Gasteiger partial charge in [-0.15, -0.1) is 28.3 Å². The zero-order chi connectivity index (χ0) is 16.2. The number of anilines is 1. The Morgan fingerprint density at radius 2 is 1.58 bits per heavy atom. The molecule has 1 heterocycles. The van der Waals surface area contributed by atoms with Gasteiger partial charge in [-0.05, 0) is 36.8 Å². The van der Waals surface area contributed by atoms with Gasteiger partial charge in [0.2, 0.25) is 5.13 Å². The van der Waals surface area contributed by atoms with Gasteiger partial charge < -0.3 is 0 Å². The second-order valence-electron chi connectivity index (χ2n) is 4.85. The molecule has 0 saturated heterocycles. The third kappa shape index (κ3) is 4.80. The van der Waals surface area contributed by atoms with E-state index in [2.05, 4.69) is 15.5 Å². The zero-order valence-electron chi connectivity index (χ0n) is 12.7. The van der Waals surface area contributed by atoms with E-state index in [1.807, 2.05) is 55.5 Å². The number of benzene rings is 2. The highest BCUT2D eigenvalue weighted by Gasteiger charge is 2.09. The summed E-state index contributed by atoms with van der Waals surface area (Å²) in [5.74, 6) is 0. The molecule has 124 valence electrons. The van der Waals surface area contributed by atoms with Crippen molar-refractivity contribution < 1.29 is 0 Å². The smallest absolute Gasteiger partial charge is 0.204 e. The molecule has 1 N–H and O–H groups in total. The predicted molar refractivity (Wildman–Crippen MR) is 110 cm³/mol. The van der Waals surface area contributed by atoms with Gasteiger partial charge in [-0.3, -0.25) is 5.43 Å². The molecule has 0 unspecified atom stereocenters. The molecule has 3 aromatic rings. The van der Waals surface area contributed by atoms with Crippen LogP contribution < -0.4 is 5.43 Å². The van der Waals surface area contributed by atoms with E-state index in [0.29, 0.717) is 10.0 Å². The largest absolute Gasteiger partial charge is 0.253 e. The molecule has 0 bridgehead atoms. The summed E-state index contributed by atoms with van der Waals surface area (Å²) in [7, 11) is 0. The molecule has 3 nitrogen and oxygen atoms in total. The first-order chi connectivity index (χ1) is 11.1. The first kappa shape index (κ1) is 18.9. The summed E-state index contributed by atoms with van der Waals surface area (Å²) in [5, 5.41) is 6.38. The first-order valence-electron chi connectivity index (χ1n) is 6.90. The Morgan fingerprint density at radius 1 is 1.00 bits per heavy atom. The number of aryl methyl sites for hydroxylation is 1. The molecule has 1 aromatic heterocycles. The second kappa shape index (κ2) is 8.62. The van der Waals surface area contributed by atoms with E-state index < -0.39 is 0 Å². The quantitative estimate of drug-likeness (QED) is 0.372. The van der Waals surface area contributed by atoms with Crippen LogP contribution in [0.1, 0.15) is 10.4 Å². The summed E-state index contributed by atoms with van der Waals surface area (Å²) >= 11 is 13.3. The highest BCUT2D eigenvalue weighted by molar-refractivity contribution is 8.93. The third-order valence-corrected chi connectivity index (χ3v) is 4.54. The van der Waals surface area contributed by atoms with Crippen molar-refractivity contribution in [2.45, 2.75) is 6.92 Å². The van der Waals surface area contributed by atoms with Crippen LogP contribution in [0.15, 0.2) is 53.6 Å². The van der Waals surface area contributed by atoms with Crippen molar-refractivity contribution in [3.63, 3.8) is 0 Å². The molecule has 0 spiro atoms. The second-order valence-corrected chi connectivity index (χ2v) is 6.93. The maximum absolute atomic E-state index is 5.92. The highest BCUT2D eigenvalue weighted by Crippen LogP contribution is 2.30. The van der Waals surface area contributed by atoms with Crippen LogP contribution in [0.4, 0.5) is 5.13 Å². The molecule has 0 radical (unpaired) electrons. The Bertz CT molecular complexity index is 830. The van der Waals surface area contributed by atoms with E-state index in [9.17, 15) is 0 Å². The lowest BCUT2D eigenvalue weighted by Crippen LogP contribution is -1.90. The number of rotatable bonds is 4. The molecular formula is C17H14BrCl2N3S. The molecular weight excluding hydrogens is 429 g/mol. The summed E-state index contributed by atoms with van der Waals surface area (Å²) in [4.78, 5) is 5.71. The summed E-state index contributed by atoms with van der Waals surface area (Å²) < 4.78 is 0. The number of hydrogen-bond acceptors (Lipinski definition) is 4. The van der Waals surface area contributed by atoms with Crippen molar-refractivity contribution in [2.75, 3.05) is 5.43 Å². The molecule has 0 saturated carbocycles. The summed E-state index contributed by atoms with van der Waals surface area (Å²) in [6, 6.07) is 15.1. The minimum absolute atomic E-state index is 0. The minimum Gasteiger partial charge on any atom is -0.253 e. The number of nitrogens with zero attached hydrogens (tertiary/aromatic N) is 2. The molecule has 0 fully saturated rings. The minimum atomic E-state index is 0. The van der Waals surface area contributed by atoms with Crippen molar-refractivity contribution in [2.24, 2.45) is 5.10 Å². The highest BCUT2D eigenvalue weighted by atomic mass is 79.9. The lowest BCUT2D eigenvalue weighted by atomic mass is 10.1. The number of halogens is 3. The molecule has 0 aliphatic heterocycles. The monoisotopic (exact) mass is 441 g/mol. The van der Waals surface area contributed by atoms with Gasteiger partial charge >= 0.3 is 0 Å². The third-order valence-electron chi connectivity index (χ3n) is 3.16. The van der Waals surface area contributed by atoms with Crippen LogP contribution in [0, 0.1) is 6.92 Å². The first-order valence-corrected chi connectivity index (χ1v) is 8.47. The molecule has 7 heteroatoms. The Labute approximate surface area is 165 Å². The van der Waals surface area contributed by atoms with Gasteiger partial charge in [0.05, 0.1) is 11.9 Å². The Balaban J connectivity index is 0.00000208. The van der Waals surface area contributed by atoms with Crippen LogP contribution in [0.5, 0.6) is 0 Å². The van der Waals surface area contributed by atoms with E-state index in [1.54, 1.807) is 17.6 Å². The fraction of sp³-hybridized carbons (Fsp3) is 0.0588. The van der Waals surface area contributed by atoms with Crippen LogP contribution in [0.25, 0.3) is 11.3 Å². The van der Waals surface area contributed by atoms with Crippen molar-refractivity contribution in [1.29, 1.82) is 0 Å². The van der Waals surface area contributed by atoms with E-state index in [1.165, 1.54) is 0 Å². The number of aromatic nitrogens is 1. The average molecular weight is 443 g/mol. The van der Waals surface area contributed by atoms with Crippen LogP contribution in [-0.2, 0) is 0 Å². The van der Waals surface area contributed by atoms with Crippen LogP contribution in [0.3, 0.4) is 0 Å². The Morgan fingerprint density at radius 3 is 2.21 bits per heavy atom. The fourth-order valence-electron chi connectivity index (χ4n) is 2.03. The number of hydrogen-bond donors (Lipinski definition) is 1. The molecule has 0 aliphatic rings. The van der Waals surface area contributed by atoms with E-state index in [4.69, 9.17) is 23.2 Å². The topological polar surface area (TPSA) is 37.3 Å². The maximum atomic E-state index is 5.92. The van der Waals surface area contributed by atoms with Crippen LogP contribution >= 0.6 is 51.5 Å². The fourth-order valence-corrected chi connectivity index (χ4v) is 3.07. The van der Waals surface area contributed by atoms with Crippen molar-refractivity contribution in [1.82, 2.24) is 4.98 Å². The van der Waals surface area contributed by atoms with Crippen molar-refractivity contribution in [3.05, 3.63) is 69.0 Å². The SMILES string of the molecule is Br.Cc1sc(N/N=C/c2ccc(Cl)cc2)nc1-c1ccc(Cl)cc1. The molecule has 2 aromatic carbocycles. The zero-order valence-corrected chi connectivity index (χ0v) is 16.7. The normalized spacial score (nSPS) is 10.6. The molecule has 0 aliphatic carbocycles. The van der Waals surface area contributed by atoms with Crippen molar-refractivity contribution in [3.8, 4) is 11.3 Å². The number of thiazole rings is 1. The van der Waals surface area contributed by atoms with Gasteiger partial charge in [0.1, 0.15) is 0 Å². The lowest BCUT2D eigenvalue weighted by molar-refractivity contribution is 1.28. The van der Waals surface area contributed by atoms with Crippen molar-refractivity contribution >= 4 is 62.9 Å². The summed E-state index contributed by atoms with van der Waals surface area (Å²) in [6.07, 6.45) is 1.73. The van der Waals surface area contributed by atoms with Gasteiger partial charge in [-0.25, -0.2) is 4.98 Å². The number of hydrazone groups is 1. The molecule has 3 rings (SSSR count). The Hall–Kier alpha value is -1.40. The van der Waals surface area contributed by atoms with Gasteiger partial charge in [-0.1, -0.05) is 47.5 Å². The van der Waals surface area contributed by atoms with E-state index in [-0.39, 0.29) is 17.0 Å². The lowest BCUT2D eigenvalue weighted by Gasteiger charge is -1.98. The molecule has 0 amide bonds. The van der Waals surface area contributed by atoms with Crippen LogP contribution in [0.2, 0.25) is 10.0 Å². The molecule has 24 heavy (non-hydrogen) atoms. The Kier molecular flexibility index (Phi) is 6.80.